The molecule has 0 aliphatic carbocycles. The summed E-state index contributed by atoms with van der Waals surface area (Å²) in [5.41, 5.74) is 5.70. The van der Waals surface area contributed by atoms with E-state index in [1.54, 1.807) is 6.20 Å². The van der Waals surface area contributed by atoms with Gasteiger partial charge in [-0.2, -0.15) is 5.10 Å². The number of rotatable bonds is 5. The van der Waals surface area contributed by atoms with Gasteiger partial charge in [0.15, 0.2) is 0 Å². The van der Waals surface area contributed by atoms with E-state index in [1.807, 2.05) is 72.4 Å². The van der Waals surface area contributed by atoms with E-state index in [2.05, 4.69) is 34.7 Å². The lowest BCUT2D eigenvalue weighted by atomic mass is 9.98. The molecule has 0 fully saturated rings. The summed E-state index contributed by atoms with van der Waals surface area (Å²) in [6.45, 7) is 2.75. The number of nitrogens with zero attached hydrogens (tertiary/aromatic N) is 2. The van der Waals surface area contributed by atoms with Crippen molar-refractivity contribution in [1.82, 2.24) is 9.78 Å². The van der Waals surface area contributed by atoms with Crippen molar-refractivity contribution in [2.45, 2.75) is 13.5 Å². The summed E-state index contributed by atoms with van der Waals surface area (Å²) in [5.74, 6) is -0.111. The highest BCUT2D eigenvalue weighted by Crippen LogP contribution is 2.25. The molecule has 3 aromatic carbocycles. The van der Waals surface area contributed by atoms with Gasteiger partial charge in [0.1, 0.15) is 0 Å². The molecule has 0 saturated heterocycles. The number of hydrogen-bond donors (Lipinski definition) is 1. The van der Waals surface area contributed by atoms with E-state index < -0.39 is 0 Å². The van der Waals surface area contributed by atoms with Gasteiger partial charge in [-0.25, -0.2) is 0 Å². The Hall–Kier alpha value is -3.66. The SMILES string of the molecule is Cc1ccc(NC(=O)c2ccccc2-c2ccc(Cn3cccn3)cc2)cc1. The van der Waals surface area contributed by atoms with Crippen molar-refractivity contribution in [1.29, 1.82) is 0 Å². The molecule has 4 heteroatoms. The smallest absolute Gasteiger partial charge is 0.256 e. The van der Waals surface area contributed by atoms with Gasteiger partial charge in [-0.3, -0.25) is 9.48 Å². The van der Waals surface area contributed by atoms with Gasteiger partial charge >= 0.3 is 0 Å². The first-order valence-electron chi connectivity index (χ1n) is 9.23. The van der Waals surface area contributed by atoms with Gasteiger partial charge < -0.3 is 5.32 Å². The van der Waals surface area contributed by atoms with Crippen LogP contribution in [0.3, 0.4) is 0 Å². The van der Waals surface area contributed by atoms with Crippen molar-refractivity contribution in [3.8, 4) is 11.1 Å². The minimum absolute atomic E-state index is 0.111. The second-order valence-electron chi connectivity index (χ2n) is 6.77. The van der Waals surface area contributed by atoms with Gasteiger partial charge in [-0.1, -0.05) is 60.2 Å². The molecule has 4 rings (SSSR count). The summed E-state index contributed by atoms with van der Waals surface area (Å²) in [4.78, 5) is 12.8. The van der Waals surface area contributed by atoms with Gasteiger partial charge in [0.25, 0.3) is 5.91 Å². The third kappa shape index (κ3) is 4.01. The molecule has 0 aliphatic heterocycles. The number of aryl methyl sites for hydroxylation is 1. The predicted octanol–water partition coefficient (Wildman–Crippen LogP) is 5.16. The first kappa shape index (κ1) is 17.7. The largest absolute Gasteiger partial charge is 0.322 e. The van der Waals surface area contributed by atoms with E-state index in [0.29, 0.717) is 5.56 Å². The lowest BCUT2D eigenvalue weighted by Crippen LogP contribution is -2.13. The molecule has 1 heterocycles. The molecule has 0 radical (unpaired) electrons. The second kappa shape index (κ2) is 7.92. The van der Waals surface area contributed by atoms with E-state index in [4.69, 9.17) is 0 Å². The summed E-state index contributed by atoms with van der Waals surface area (Å²) in [7, 11) is 0. The lowest BCUT2D eigenvalue weighted by molar-refractivity contribution is 0.102. The zero-order valence-electron chi connectivity index (χ0n) is 15.7. The minimum Gasteiger partial charge on any atom is -0.322 e. The molecule has 0 aliphatic rings. The first-order chi connectivity index (χ1) is 13.7. The molecule has 1 amide bonds. The van der Waals surface area contributed by atoms with Crippen molar-refractivity contribution in [3.63, 3.8) is 0 Å². The van der Waals surface area contributed by atoms with Crippen LogP contribution in [0.15, 0.2) is 91.3 Å². The molecule has 138 valence electrons. The Morgan fingerprint density at radius 1 is 0.929 bits per heavy atom. The molecule has 4 nitrogen and oxygen atoms in total. The van der Waals surface area contributed by atoms with Gasteiger partial charge in [-0.05, 0) is 47.9 Å². The van der Waals surface area contributed by atoms with Crippen LogP contribution in [-0.4, -0.2) is 15.7 Å². The standard InChI is InChI=1S/C24H21N3O/c1-18-7-13-21(14-8-18)26-24(28)23-6-3-2-5-22(23)20-11-9-19(10-12-20)17-27-16-4-15-25-27/h2-16H,17H2,1H3,(H,26,28). The van der Waals surface area contributed by atoms with E-state index in [1.165, 1.54) is 0 Å². The average Bonchev–Trinajstić information content (AvgIpc) is 3.23. The zero-order valence-corrected chi connectivity index (χ0v) is 15.7. The highest BCUT2D eigenvalue weighted by molar-refractivity contribution is 6.08. The van der Waals surface area contributed by atoms with Gasteiger partial charge in [-0.15, -0.1) is 0 Å². The van der Waals surface area contributed by atoms with Crippen molar-refractivity contribution in [2.75, 3.05) is 5.32 Å². The Labute approximate surface area is 164 Å². The maximum Gasteiger partial charge on any atom is 0.256 e. The van der Waals surface area contributed by atoms with Crippen LogP contribution in [0.1, 0.15) is 21.5 Å². The topological polar surface area (TPSA) is 46.9 Å². The van der Waals surface area contributed by atoms with Crippen LogP contribution >= 0.6 is 0 Å². The van der Waals surface area contributed by atoms with Crippen LogP contribution in [0.4, 0.5) is 5.69 Å². The Morgan fingerprint density at radius 2 is 1.68 bits per heavy atom. The second-order valence-corrected chi connectivity index (χ2v) is 6.77. The highest BCUT2D eigenvalue weighted by Gasteiger charge is 2.12. The molecule has 1 aromatic heterocycles. The van der Waals surface area contributed by atoms with Crippen LogP contribution in [0, 0.1) is 6.92 Å². The monoisotopic (exact) mass is 367 g/mol. The first-order valence-corrected chi connectivity index (χ1v) is 9.23. The van der Waals surface area contributed by atoms with Crippen molar-refractivity contribution in [2.24, 2.45) is 0 Å². The Bertz CT molecular complexity index is 1070. The van der Waals surface area contributed by atoms with Crippen LogP contribution in [0.25, 0.3) is 11.1 Å². The van der Waals surface area contributed by atoms with E-state index >= 15 is 0 Å². The maximum absolute atomic E-state index is 12.8. The number of anilines is 1. The van der Waals surface area contributed by atoms with Crippen molar-refractivity contribution in [3.05, 3.63) is 108 Å². The average molecular weight is 367 g/mol. The Balaban J connectivity index is 1.56. The third-order valence-corrected chi connectivity index (χ3v) is 4.65. The van der Waals surface area contributed by atoms with Gasteiger partial charge in [0.05, 0.1) is 6.54 Å². The van der Waals surface area contributed by atoms with Crippen molar-refractivity contribution >= 4 is 11.6 Å². The number of nitrogens with one attached hydrogen (secondary N) is 1. The molecular formula is C24H21N3O. The molecule has 28 heavy (non-hydrogen) atoms. The number of carbonyl (C=O) groups is 1. The van der Waals surface area contributed by atoms with E-state index in [0.717, 1.165) is 34.5 Å². The molecule has 0 unspecified atom stereocenters. The highest BCUT2D eigenvalue weighted by atomic mass is 16.1. The molecule has 0 atom stereocenters. The molecule has 0 bridgehead atoms. The quantitative estimate of drug-likeness (QED) is 0.530. The normalized spacial score (nSPS) is 10.6. The molecule has 4 aromatic rings. The van der Waals surface area contributed by atoms with Crippen LogP contribution in [0.2, 0.25) is 0 Å². The predicted molar refractivity (Wildman–Crippen MR) is 112 cm³/mol. The molecule has 0 saturated carbocycles. The van der Waals surface area contributed by atoms with Crippen LogP contribution in [-0.2, 0) is 6.54 Å². The number of carbonyl (C=O) groups excluding carboxylic acids is 1. The van der Waals surface area contributed by atoms with Gasteiger partial charge in [0.2, 0.25) is 0 Å². The zero-order chi connectivity index (χ0) is 19.3. The van der Waals surface area contributed by atoms with Crippen LogP contribution in [0.5, 0.6) is 0 Å². The molecular weight excluding hydrogens is 346 g/mol. The lowest BCUT2D eigenvalue weighted by Gasteiger charge is -2.11. The number of amides is 1. The summed E-state index contributed by atoms with van der Waals surface area (Å²) in [5, 5.41) is 7.22. The van der Waals surface area contributed by atoms with Crippen LogP contribution < -0.4 is 5.32 Å². The summed E-state index contributed by atoms with van der Waals surface area (Å²) < 4.78 is 1.89. The van der Waals surface area contributed by atoms with E-state index in [-0.39, 0.29) is 5.91 Å². The molecule has 1 N–H and O–H groups in total. The minimum atomic E-state index is -0.111. The van der Waals surface area contributed by atoms with E-state index in [9.17, 15) is 4.79 Å². The summed E-state index contributed by atoms with van der Waals surface area (Å²) in [6.07, 6.45) is 3.72. The Kier molecular flexibility index (Phi) is 5.02. The summed E-state index contributed by atoms with van der Waals surface area (Å²) >= 11 is 0. The maximum atomic E-state index is 12.8. The fraction of sp³-hybridized carbons (Fsp3) is 0.0833. The third-order valence-electron chi connectivity index (χ3n) is 4.65. The summed E-state index contributed by atoms with van der Waals surface area (Å²) in [6, 6.07) is 25.7. The number of aromatic nitrogens is 2. The number of hydrogen-bond acceptors (Lipinski definition) is 2. The van der Waals surface area contributed by atoms with Crippen molar-refractivity contribution < 1.29 is 4.79 Å². The fourth-order valence-electron chi connectivity index (χ4n) is 3.14. The number of benzene rings is 3. The molecule has 0 spiro atoms. The Morgan fingerprint density at radius 3 is 2.39 bits per heavy atom. The van der Waals surface area contributed by atoms with Gasteiger partial charge in [0, 0.05) is 23.6 Å². The fourth-order valence-corrected chi connectivity index (χ4v) is 3.14.